The molecule has 20 heavy (non-hydrogen) atoms. The van der Waals surface area contributed by atoms with Crippen molar-refractivity contribution in [2.75, 3.05) is 18.0 Å². The van der Waals surface area contributed by atoms with Crippen LogP contribution in [0.2, 0.25) is 5.28 Å². The standard InChI is InChI=1S/C14H14BrClN4/c15-11-6-4-5-10(9-11)12-17-13(16)19-14(18-12)20-7-2-1-3-8-20/h4-6,9H,1-3,7-8H2. The fraction of sp³-hybridized carbons (Fsp3) is 0.357. The lowest BCUT2D eigenvalue weighted by Gasteiger charge is -2.26. The molecule has 1 fully saturated rings. The van der Waals surface area contributed by atoms with E-state index in [2.05, 4.69) is 35.8 Å². The number of hydrogen-bond donors (Lipinski definition) is 0. The Morgan fingerprint density at radius 2 is 1.85 bits per heavy atom. The molecule has 6 heteroatoms. The van der Waals surface area contributed by atoms with Gasteiger partial charge in [0.05, 0.1) is 0 Å². The molecular weight excluding hydrogens is 340 g/mol. The Bertz CT molecular complexity index is 614. The van der Waals surface area contributed by atoms with Gasteiger partial charge in [-0.1, -0.05) is 28.1 Å². The molecule has 0 saturated carbocycles. The van der Waals surface area contributed by atoms with Crippen molar-refractivity contribution in [1.82, 2.24) is 15.0 Å². The van der Waals surface area contributed by atoms with Crippen molar-refractivity contribution >= 4 is 33.5 Å². The third-order valence-corrected chi connectivity index (χ3v) is 3.98. The maximum absolute atomic E-state index is 6.06. The van der Waals surface area contributed by atoms with Crippen LogP contribution in [0.15, 0.2) is 28.7 Å². The first-order valence-corrected chi connectivity index (χ1v) is 7.82. The monoisotopic (exact) mass is 352 g/mol. The van der Waals surface area contributed by atoms with Gasteiger partial charge in [-0.05, 0) is 43.0 Å². The van der Waals surface area contributed by atoms with Crippen molar-refractivity contribution in [3.8, 4) is 11.4 Å². The summed E-state index contributed by atoms with van der Waals surface area (Å²) in [5, 5.41) is 0.246. The summed E-state index contributed by atoms with van der Waals surface area (Å²) in [5.41, 5.74) is 0.932. The largest absolute Gasteiger partial charge is 0.341 e. The molecule has 1 aliphatic heterocycles. The fourth-order valence-electron chi connectivity index (χ4n) is 2.33. The summed E-state index contributed by atoms with van der Waals surface area (Å²) in [4.78, 5) is 15.2. The van der Waals surface area contributed by atoms with Crippen molar-refractivity contribution < 1.29 is 0 Å². The molecule has 2 aromatic rings. The van der Waals surface area contributed by atoms with Crippen molar-refractivity contribution in [3.63, 3.8) is 0 Å². The van der Waals surface area contributed by atoms with E-state index >= 15 is 0 Å². The van der Waals surface area contributed by atoms with Gasteiger partial charge in [0.15, 0.2) is 5.82 Å². The van der Waals surface area contributed by atoms with Gasteiger partial charge in [-0.15, -0.1) is 0 Å². The van der Waals surface area contributed by atoms with Crippen LogP contribution >= 0.6 is 27.5 Å². The normalized spacial score (nSPS) is 15.4. The second-order valence-electron chi connectivity index (χ2n) is 4.79. The molecule has 0 atom stereocenters. The first-order valence-electron chi connectivity index (χ1n) is 6.65. The summed E-state index contributed by atoms with van der Waals surface area (Å²) in [6.45, 7) is 1.97. The van der Waals surface area contributed by atoms with E-state index < -0.39 is 0 Å². The van der Waals surface area contributed by atoms with Crippen LogP contribution in [0.25, 0.3) is 11.4 Å². The van der Waals surface area contributed by atoms with Gasteiger partial charge in [0.25, 0.3) is 0 Å². The summed E-state index contributed by atoms with van der Waals surface area (Å²) in [7, 11) is 0. The van der Waals surface area contributed by atoms with Crippen LogP contribution in [0.4, 0.5) is 5.95 Å². The van der Waals surface area contributed by atoms with Crippen LogP contribution in [0, 0.1) is 0 Å². The van der Waals surface area contributed by atoms with Crippen LogP contribution in [-0.4, -0.2) is 28.0 Å². The Labute approximate surface area is 131 Å². The lowest BCUT2D eigenvalue weighted by Crippen LogP contribution is -2.31. The van der Waals surface area contributed by atoms with E-state index in [4.69, 9.17) is 11.6 Å². The third-order valence-electron chi connectivity index (χ3n) is 3.32. The second-order valence-corrected chi connectivity index (χ2v) is 6.04. The van der Waals surface area contributed by atoms with Crippen LogP contribution in [-0.2, 0) is 0 Å². The number of nitrogens with zero attached hydrogens (tertiary/aromatic N) is 4. The van der Waals surface area contributed by atoms with E-state index in [1.165, 1.54) is 19.3 Å². The van der Waals surface area contributed by atoms with Gasteiger partial charge in [-0.25, -0.2) is 0 Å². The zero-order valence-corrected chi connectivity index (χ0v) is 13.2. The molecule has 0 bridgehead atoms. The molecule has 0 unspecified atom stereocenters. The second kappa shape index (κ2) is 6.06. The summed E-state index contributed by atoms with van der Waals surface area (Å²) in [6.07, 6.45) is 3.62. The highest BCUT2D eigenvalue weighted by atomic mass is 79.9. The summed E-state index contributed by atoms with van der Waals surface area (Å²) in [5.74, 6) is 1.30. The summed E-state index contributed by atoms with van der Waals surface area (Å²) < 4.78 is 0.992. The van der Waals surface area contributed by atoms with Crippen molar-refractivity contribution in [2.45, 2.75) is 19.3 Å². The molecule has 1 aromatic heterocycles. The Balaban J connectivity index is 1.97. The Morgan fingerprint density at radius 3 is 2.60 bits per heavy atom. The smallest absolute Gasteiger partial charge is 0.230 e. The minimum Gasteiger partial charge on any atom is -0.341 e. The number of piperidine rings is 1. The van der Waals surface area contributed by atoms with Gasteiger partial charge in [0, 0.05) is 23.1 Å². The summed E-state index contributed by atoms with van der Waals surface area (Å²) in [6, 6.07) is 7.87. The van der Waals surface area contributed by atoms with Crippen LogP contribution in [0.5, 0.6) is 0 Å². The average Bonchev–Trinajstić information content (AvgIpc) is 2.47. The molecule has 0 amide bonds. The first-order chi connectivity index (χ1) is 9.72. The van der Waals surface area contributed by atoms with E-state index in [-0.39, 0.29) is 5.28 Å². The Morgan fingerprint density at radius 1 is 1.05 bits per heavy atom. The molecule has 3 rings (SSSR count). The molecule has 0 spiro atoms. The molecule has 1 aromatic carbocycles. The van der Waals surface area contributed by atoms with E-state index in [0.29, 0.717) is 11.8 Å². The maximum atomic E-state index is 6.06. The molecular formula is C14H14BrClN4. The van der Waals surface area contributed by atoms with Gasteiger partial charge in [-0.3, -0.25) is 0 Å². The molecule has 1 aliphatic rings. The SMILES string of the molecule is Clc1nc(-c2cccc(Br)c2)nc(N2CCCCC2)n1. The molecule has 0 radical (unpaired) electrons. The van der Waals surface area contributed by atoms with Gasteiger partial charge in [0.2, 0.25) is 11.2 Å². The number of hydrogen-bond acceptors (Lipinski definition) is 4. The number of benzene rings is 1. The Kier molecular flexibility index (Phi) is 4.17. The lowest BCUT2D eigenvalue weighted by atomic mass is 10.1. The summed E-state index contributed by atoms with van der Waals surface area (Å²) >= 11 is 9.52. The van der Waals surface area contributed by atoms with Gasteiger partial charge >= 0.3 is 0 Å². The fourth-order valence-corrected chi connectivity index (χ4v) is 2.89. The predicted octanol–water partition coefficient (Wildman–Crippen LogP) is 3.94. The van der Waals surface area contributed by atoms with Crippen molar-refractivity contribution in [3.05, 3.63) is 34.0 Å². The van der Waals surface area contributed by atoms with E-state index in [0.717, 1.165) is 23.1 Å². The minimum atomic E-state index is 0.246. The van der Waals surface area contributed by atoms with E-state index in [1.807, 2.05) is 24.3 Å². The number of halogens is 2. The molecule has 4 nitrogen and oxygen atoms in total. The number of aromatic nitrogens is 3. The molecule has 2 heterocycles. The molecule has 1 saturated heterocycles. The third kappa shape index (κ3) is 3.10. The predicted molar refractivity (Wildman–Crippen MR) is 84.0 cm³/mol. The van der Waals surface area contributed by atoms with Crippen molar-refractivity contribution in [2.24, 2.45) is 0 Å². The van der Waals surface area contributed by atoms with Crippen molar-refractivity contribution in [1.29, 1.82) is 0 Å². The Hall–Kier alpha value is -1.20. The van der Waals surface area contributed by atoms with E-state index in [9.17, 15) is 0 Å². The molecule has 104 valence electrons. The highest BCUT2D eigenvalue weighted by Crippen LogP contribution is 2.24. The van der Waals surface area contributed by atoms with Crippen LogP contribution in [0.1, 0.15) is 19.3 Å². The van der Waals surface area contributed by atoms with Crippen LogP contribution in [0.3, 0.4) is 0 Å². The zero-order valence-electron chi connectivity index (χ0n) is 10.9. The average molecular weight is 354 g/mol. The lowest BCUT2D eigenvalue weighted by molar-refractivity contribution is 0.567. The zero-order chi connectivity index (χ0) is 13.9. The van der Waals surface area contributed by atoms with Gasteiger partial charge in [0.1, 0.15) is 0 Å². The minimum absolute atomic E-state index is 0.246. The van der Waals surface area contributed by atoms with E-state index in [1.54, 1.807) is 0 Å². The first kappa shape index (κ1) is 13.8. The highest BCUT2D eigenvalue weighted by Gasteiger charge is 2.16. The highest BCUT2D eigenvalue weighted by molar-refractivity contribution is 9.10. The number of anilines is 1. The van der Waals surface area contributed by atoms with Gasteiger partial charge in [-0.2, -0.15) is 15.0 Å². The quantitative estimate of drug-likeness (QED) is 0.820. The number of rotatable bonds is 2. The topological polar surface area (TPSA) is 41.9 Å². The van der Waals surface area contributed by atoms with Crippen LogP contribution < -0.4 is 4.90 Å². The molecule has 0 N–H and O–H groups in total. The van der Waals surface area contributed by atoms with Gasteiger partial charge < -0.3 is 4.90 Å². The maximum Gasteiger partial charge on any atom is 0.230 e. The molecule has 0 aliphatic carbocycles.